The molecule has 2 aliphatic heterocycles. The normalized spacial score (nSPS) is 20.9. The van der Waals surface area contributed by atoms with Gasteiger partial charge in [0.2, 0.25) is 11.8 Å². The van der Waals surface area contributed by atoms with Crippen molar-refractivity contribution in [2.45, 2.75) is 31.7 Å². The van der Waals surface area contributed by atoms with Crippen LogP contribution in [-0.4, -0.2) is 40.0 Å². The summed E-state index contributed by atoms with van der Waals surface area (Å²) in [6.07, 6.45) is 0.465. The third-order valence-corrected chi connectivity index (χ3v) is 5.70. The van der Waals surface area contributed by atoms with E-state index in [4.69, 9.17) is 5.73 Å². The molecule has 4 rings (SSSR count). The van der Waals surface area contributed by atoms with Crippen molar-refractivity contribution in [2.24, 2.45) is 5.73 Å². The zero-order valence-corrected chi connectivity index (χ0v) is 16.2. The van der Waals surface area contributed by atoms with E-state index >= 15 is 0 Å². The molecule has 0 aromatic heterocycles. The lowest BCUT2D eigenvalue weighted by atomic mass is 9.89. The third-order valence-electron chi connectivity index (χ3n) is 5.70. The Kier molecular flexibility index (Phi) is 4.49. The largest absolute Gasteiger partial charge is 0.366 e. The minimum Gasteiger partial charge on any atom is -0.366 e. The van der Waals surface area contributed by atoms with Crippen molar-refractivity contribution in [3.05, 3.63) is 70.3 Å². The van der Waals surface area contributed by atoms with Gasteiger partial charge in [-0.05, 0) is 49.1 Å². The number of nitrogens with zero attached hydrogens (tertiary/aromatic N) is 1. The number of carbonyl (C=O) groups excluding carboxylic acids is 5. The molecule has 2 heterocycles. The number of nitrogens with two attached hydrogens (primary N) is 1. The highest BCUT2D eigenvalue weighted by Gasteiger charge is 2.52. The average Bonchev–Trinajstić information content (AvgIpc) is 2.96. The predicted octanol–water partition coefficient (Wildman–Crippen LogP) is 1.17. The molecule has 0 radical (unpaired) electrons. The second-order valence-electron chi connectivity index (χ2n) is 7.67. The molecule has 0 bridgehead atoms. The Morgan fingerprint density at radius 1 is 1.07 bits per heavy atom. The van der Waals surface area contributed by atoms with Gasteiger partial charge in [0.05, 0.1) is 11.1 Å². The molecule has 5 amide bonds. The number of imide groups is 2. The van der Waals surface area contributed by atoms with Crippen LogP contribution < -0.4 is 11.1 Å². The van der Waals surface area contributed by atoms with Gasteiger partial charge in [-0.15, -0.1) is 0 Å². The number of nitrogens with one attached hydrogen (secondary N) is 1. The lowest BCUT2D eigenvalue weighted by molar-refractivity contribution is -0.140. The van der Waals surface area contributed by atoms with Gasteiger partial charge in [-0.3, -0.25) is 34.2 Å². The molecule has 1 saturated heterocycles. The Morgan fingerprint density at radius 3 is 2.47 bits per heavy atom. The summed E-state index contributed by atoms with van der Waals surface area (Å²) in [5.74, 6) is -2.78. The summed E-state index contributed by atoms with van der Waals surface area (Å²) in [5, 5.41) is 2.21. The SMILES string of the molecule is C[C@]1(N2C(=O)c3ccc(Cc4ccccc4C(N)=O)cc3C2=O)CCC(=O)NC1=O. The van der Waals surface area contributed by atoms with Crippen molar-refractivity contribution < 1.29 is 24.0 Å². The number of primary amides is 1. The lowest BCUT2D eigenvalue weighted by Gasteiger charge is -2.38. The van der Waals surface area contributed by atoms with Crippen molar-refractivity contribution in [3.8, 4) is 0 Å². The first-order chi connectivity index (χ1) is 14.2. The summed E-state index contributed by atoms with van der Waals surface area (Å²) in [5.41, 5.74) is 6.21. The smallest absolute Gasteiger partial charge is 0.262 e. The Bertz CT molecular complexity index is 1140. The van der Waals surface area contributed by atoms with Crippen molar-refractivity contribution >= 4 is 29.5 Å². The summed E-state index contributed by atoms with van der Waals surface area (Å²) in [7, 11) is 0. The van der Waals surface area contributed by atoms with E-state index in [-0.39, 0.29) is 24.0 Å². The van der Waals surface area contributed by atoms with Crippen LogP contribution in [0.25, 0.3) is 0 Å². The fourth-order valence-electron chi connectivity index (χ4n) is 3.99. The van der Waals surface area contributed by atoms with Gasteiger partial charge in [0.15, 0.2) is 0 Å². The maximum Gasteiger partial charge on any atom is 0.262 e. The maximum absolute atomic E-state index is 13.1. The molecular formula is C22H19N3O5. The van der Waals surface area contributed by atoms with E-state index in [1.807, 2.05) is 0 Å². The van der Waals surface area contributed by atoms with Gasteiger partial charge in [0, 0.05) is 12.0 Å². The van der Waals surface area contributed by atoms with Crippen LogP contribution >= 0.6 is 0 Å². The third kappa shape index (κ3) is 2.97. The van der Waals surface area contributed by atoms with E-state index in [1.54, 1.807) is 42.5 Å². The van der Waals surface area contributed by atoms with Gasteiger partial charge in [0.25, 0.3) is 17.7 Å². The van der Waals surface area contributed by atoms with Gasteiger partial charge < -0.3 is 5.73 Å². The topological polar surface area (TPSA) is 127 Å². The number of benzene rings is 2. The maximum atomic E-state index is 13.1. The van der Waals surface area contributed by atoms with E-state index in [9.17, 15) is 24.0 Å². The Morgan fingerprint density at radius 2 is 1.77 bits per heavy atom. The fraction of sp³-hybridized carbons (Fsp3) is 0.227. The Balaban J connectivity index is 1.67. The van der Waals surface area contributed by atoms with Crippen LogP contribution in [0.2, 0.25) is 0 Å². The van der Waals surface area contributed by atoms with Crippen LogP contribution in [0.15, 0.2) is 42.5 Å². The standard InChI is InChI=1S/C22H19N3O5/c1-22(9-8-17(26)24-21(22)30)25-19(28)15-7-6-12(11-16(15)20(25)29)10-13-4-2-3-5-14(13)18(23)27/h2-7,11H,8-10H2,1H3,(H2,23,27)(H,24,26,30)/t22-/m0/s1. The minimum absolute atomic E-state index is 0.0464. The molecule has 8 heteroatoms. The van der Waals surface area contributed by atoms with E-state index in [0.717, 1.165) is 10.5 Å². The predicted molar refractivity (Wildman–Crippen MR) is 105 cm³/mol. The van der Waals surface area contributed by atoms with Crippen molar-refractivity contribution in [3.63, 3.8) is 0 Å². The van der Waals surface area contributed by atoms with Gasteiger partial charge in [0.1, 0.15) is 5.54 Å². The molecule has 30 heavy (non-hydrogen) atoms. The van der Waals surface area contributed by atoms with Crippen LogP contribution in [-0.2, 0) is 16.0 Å². The Hall–Kier alpha value is -3.81. The average molecular weight is 405 g/mol. The monoisotopic (exact) mass is 405 g/mol. The van der Waals surface area contributed by atoms with E-state index in [0.29, 0.717) is 17.5 Å². The van der Waals surface area contributed by atoms with Crippen LogP contribution in [0.4, 0.5) is 0 Å². The summed E-state index contributed by atoms with van der Waals surface area (Å²) < 4.78 is 0. The highest BCUT2D eigenvalue weighted by molar-refractivity contribution is 6.24. The molecule has 0 aliphatic carbocycles. The van der Waals surface area contributed by atoms with Crippen molar-refractivity contribution in [2.75, 3.05) is 0 Å². The number of rotatable bonds is 4. The Labute approximate surface area is 172 Å². The minimum atomic E-state index is -1.43. The van der Waals surface area contributed by atoms with Crippen molar-refractivity contribution in [1.29, 1.82) is 0 Å². The number of fused-ring (bicyclic) bond motifs is 1. The second kappa shape index (κ2) is 6.91. The highest BCUT2D eigenvalue weighted by atomic mass is 16.2. The van der Waals surface area contributed by atoms with E-state index in [2.05, 4.69) is 5.32 Å². The molecule has 2 aliphatic rings. The van der Waals surface area contributed by atoms with E-state index in [1.165, 1.54) is 6.92 Å². The van der Waals surface area contributed by atoms with Gasteiger partial charge in [-0.2, -0.15) is 0 Å². The van der Waals surface area contributed by atoms with Crippen LogP contribution in [0.3, 0.4) is 0 Å². The lowest BCUT2D eigenvalue weighted by Crippen LogP contribution is -2.62. The zero-order valence-electron chi connectivity index (χ0n) is 16.2. The molecule has 0 saturated carbocycles. The van der Waals surface area contributed by atoms with Gasteiger partial charge in [-0.1, -0.05) is 24.3 Å². The number of hydrogen-bond donors (Lipinski definition) is 2. The van der Waals surface area contributed by atoms with Crippen LogP contribution in [0.1, 0.15) is 62.0 Å². The molecular weight excluding hydrogens is 386 g/mol. The molecule has 2 aromatic rings. The molecule has 1 fully saturated rings. The molecule has 152 valence electrons. The quantitative estimate of drug-likeness (QED) is 0.738. The van der Waals surface area contributed by atoms with E-state index < -0.39 is 35.1 Å². The zero-order chi connectivity index (χ0) is 21.6. The van der Waals surface area contributed by atoms with Gasteiger partial charge >= 0.3 is 0 Å². The van der Waals surface area contributed by atoms with Crippen molar-refractivity contribution in [1.82, 2.24) is 10.2 Å². The molecule has 1 atom stereocenters. The first-order valence-electron chi connectivity index (χ1n) is 9.46. The van der Waals surface area contributed by atoms with Crippen LogP contribution in [0.5, 0.6) is 0 Å². The summed E-state index contributed by atoms with van der Waals surface area (Å²) in [6.45, 7) is 1.49. The summed E-state index contributed by atoms with van der Waals surface area (Å²) in [4.78, 5) is 62.6. The fourth-order valence-corrected chi connectivity index (χ4v) is 3.99. The number of carbonyl (C=O) groups is 5. The second-order valence-corrected chi connectivity index (χ2v) is 7.67. The molecule has 3 N–H and O–H groups in total. The highest BCUT2D eigenvalue weighted by Crippen LogP contribution is 2.34. The first kappa shape index (κ1) is 19.5. The molecule has 0 unspecified atom stereocenters. The molecule has 2 aromatic carbocycles. The number of piperidine rings is 1. The number of hydrogen-bond acceptors (Lipinski definition) is 5. The van der Waals surface area contributed by atoms with Gasteiger partial charge in [-0.25, -0.2) is 0 Å². The van der Waals surface area contributed by atoms with Crippen LogP contribution in [0, 0.1) is 0 Å². The molecule has 0 spiro atoms. The molecule has 8 nitrogen and oxygen atoms in total. The first-order valence-corrected chi connectivity index (χ1v) is 9.46. The summed E-state index contributed by atoms with van der Waals surface area (Å²) >= 11 is 0. The number of amides is 5. The summed E-state index contributed by atoms with van der Waals surface area (Å²) in [6, 6.07) is 11.8.